The van der Waals surface area contributed by atoms with Crippen molar-refractivity contribution in [3.63, 3.8) is 0 Å². The summed E-state index contributed by atoms with van der Waals surface area (Å²) in [6, 6.07) is 5.78. The first kappa shape index (κ1) is 11.9. The third-order valence-corrected chi connectivity index (χ3v) is 3.17. The summed E-state index contributed by atoms with van der Waals surface area (Å²) in [4.78, 5) is 16.1. The van der Waals surface area contributed by atoms with Gasteiger partial charge in [0.25, 0.3) is 5.91 Å². The Hall–Kier alpha value is -2.14. The molecule has 5 heteroatoms. The number of hydrogen-bond donors (Lipinski definition) is 2. The molecule has 0 aliphatic carbocycles. The van der Waals surface area contributed by atoms with Crippen LogP contribution in [0.2, 0.25) is 0 Å². The van der Waals surface area contributed by atoms with Gasteiger partial charge >= 0.3 is 0 Å². The van der Waals surface area contributed by atoms with Crippen molar-refractivity contribution in [2.45, 2.75) is 26.6 Å². The second-order valence-corrected chi connectivity index (χ2v) is 4.63. The van der Waals surface area contributed by atoms with Gasteiger partial charge in [-0.05, 0) is 30.2 Å². The van der Waals surface area contributed by atoms with Gasteiger partial charge in [0.2, 0.25) is 5.89 Å². The van der Waals surface area contributed by atoms with Crippen LogP contribution in [0, 0.1) is 6.92 Å². The molecule has 2 heterocycles. The average molecular weight is 257 g/mol. The van der Waals surface area contributed by atoms with Crippen molar-refractivity contribution in [1.29, 1.82) is 0 Å². The third kappa shape index (κ3) is 2.51. The Kier molecular flexibility index (Phi) is 3.05. The highest BCUT2D eigenvalue weighted by Gasteiger charge is 2.13. The molecule has 0 radical (unpaired) electrons. The molecule has 3 rings (SSSR count). The summed E-state index contributed by atoms with van der Waals surface area (Å²) >= 11 is 0. The van der Waals surface area contributed by atoms with Gasteiger partial charge in [0.1, 0.15) is 5.76 Å². The zero-order valence-corrected chi connectivity index (χ0v) is 10.7. The highest BCUT2D eigenvalue weighted by Crippen LogP contribution is 2.17. The first-order valence-corrected chi connectivity index (χ1v) is 6.24. The minimum Gasteiger partial charge on any atom is -0.444 e. The van der Waals surface area contributed by atoms with E-state index in [2.05, 4.69) is 15.6 Å². The van der Waals surface area contributed by atoms with Crippen molar-refractivity contribution >= 4 is 5.91 Å². The Balaban J connectivity index is 1.67. The number of benzene rings is 1. The molecular formula is C14H15N3O2. The van der Waals surface area contributed by atoms with Gasteiger partial charge in [0.15, 0.2) is 0 Å². The second-order valence-electron chi connectivity index (χ2n) is 4.63. The maximum absolute atomic E-state index is 12.0. The first-order valence-electron chi connectivity index (χ1n) is 6.24. The molecule has 2 N–H and O–H groups in total. The number of amides is 1. The van der Waals surface area contributed by atoms with Crippen molar-refractivity contribution in [3.8, 4) is 0 Å². The van der Waals surface area contributed by atoms with E-state index >= 15 is 0 Å². The molecule has 0 fully saturated rings. The van der Waals surface area contributed by atoms with Crippen LogP contribution in [0.15, 0.2) is 28.8 Å². The lowest BCUT2D eigenvalue weighted by molar-refractivity contribution is 0.0947. The standard InChI is InChI=1S/C14H15N3O2/c1-9-5-16-13(19-9)8-17-14(18)10-2-3-11-6-15-7-12(11)4-10/h2-5,15H,6-8H2,1H3,(H,17,18). The largest absolute Gasteiger partial charge is 0.444 e. The summed E-state index contributed by atoms with van der Waals surface area (Å²) in [7, 11) is 0. The van der Waals surface area contributed by atoms with Crippen molar-refractivity contribution in [2.24, 2.45) is 0 Å². The Morgan fingerprint density at radius 3 is 3.05 bits per heavy atom. The first-order chi connectivity index (χ1) is 9.22. The summed E-state index contributed by atoms with van der Waals surface area (Å²) in [6.07, 6.45) is 1.64. The van der Waals surface area contributed by atoms with Gasteiger partial charge in [-0.15, -0.1) is 0 Å². The lowest BCUT2D eigenvalue weighted by Crippen LogP contribution is -2.23. The Morgan fingerprint density at radius 1 is 1.42 bits per heavy atom. The molecule has 1 aliphatic heterocycles. The molecule has 0 bridgehead atoms. The maximum Gasteiger partial charge on any atom is 0.251 e. The summed E-state index contributed by atoms with van der Waals surface area (Å²) in [5.74, 6) is 1.16. The second kappa shape index (κ2) is 4.85. The number of nitrogens with one attached hydrogen (secondary N) is 2. The molecule has 1 amide bonds. The number of rotatable bonds is 3. The SMILES string of the molecule is Cc1cnc(CNC(=O)c2ccc3c(c2)CNC3)o1. The summed E-state index contributed by atoms with van der Waals surface area (Å²) in [5.41, 5.74) is 3.13. The Morgan fingerprint density at radius 2 is 2.26 bits per heavy atom. The molecule has 98 valence electrons. The van der Waals surface area contributed by atoms with Crippen molar-refractivity contribution in [1.82, 2.24) is 15.6 Å². The van der Waals surface area contributed by atoms with E-state index in [1.54, 1.807) is 6.20 Å². The van der Waals surface area contributed by atoms with Gasteiger partial charge in [-0.1, -0.05) is 6.07 Å². The van der Waals surface area contributed by atoms with Crippen LogP contribution < -0.4 is 10.6 Å². The molecule has 0 unspecified atom stereocenters. The van der Waals surface area contributed by atoms with Crippen molar-refractivity contribution in [2.75, 3.05) is 0 Å². The van der Waals surface area contributed by atoms with Crippen LogP contribution in [-0.4, -0.2) is 10.9 Å². The van der Waals surface area contributed by atoms with Gasteiger partial charge in [-0.2, -0.15) is 0 Å². The maximum atomic E-state index is 12.0. The normalized spacial score (nSPS) is 13.3. The Labute approximate surface area is 111 Å². The zero-order valence-electron chi connectivity index (χ0n) is 10.7. The van der Waals surface area contributed by atoms with Crippen molar-refractivity contribution < 1.29 is 9.21 Å². The van der Waals surface area contributed by atoms with E-state index in [1.807, 2.05) is 25.1 Å². The lowest BCUT2D eigenvalue weighted by Gasteiger charge is -2.05. The number of carbonyl (C=O) groups is 1. The highest BCUT2D eigenvalue weighted by molar-refractivity contribution is 5.94. The molecule has 0 saturated heterocycles. The summed E-state index contributed by atoms with van der Waals surface area (Å²) in [5, 5.41) is 6.06. The number of oxazole rings is 1. The zero-order chi connectivity index (χ0) is 13.2. The van der Waals surface area contributed by atoms with Gasteiger partial charge in [0.05, 0.1) is 12.7 Å². The topological polar surface area (TPSA) is 67.2 Å². The monoisotopic (exact) mass is 257 g/mol. The van der Waals surface area contributed by atoms with Crippen LogP contribution in [-0.2, 0) is 19.6 Å². The number of fused-ring (bicyclic) bond motifs is 1. The summed E-state index contributed by atoms with van der Waals surface area (Å²) in [6.45, 7) is 3.84. The van der Waals surface area contributed by atoms with Gasteiger partial charge in [0, 0.05) is 18.7 Å². The summed E-state index contributed by atoms with van der Waals surface area (Å²) < 4.78 is 5.31. The number of aromatic nitrogens is 1. The van der Waals surface area contributed by atoms with Crippen LogP contribution in [0.1, 0.15) is 33.1 Å². The average Bonchev–Trinajstić information content (AvgIpc) is 3.03. The Bertz CT molecular complexity index is 619. The minimum atomic E-state index is -0.106. The van der Waals surface area contributed by atoms with Crippen LogP contribution >= 0.6 is 0 Å². The third-order valence-electron chi connectivity index (χ3n) is 3.17. The predicted octanol–water partition coefficient (Wildman–Crippen LogP) is 1.52. The van der Waals surface area contributed by atoms with Crippen LogP contribution in [0.3, 0.4) is 0 Å². The van der Waals surface area contributed by atoms with E-state index in [-0.39, 0.29) is 5.91 Å². The molecule has 0 atom stereocenters. The fourth-order valence-electron chi connectivity index (χ4n) is 2.18. The van der Waals surface area contributed by atoms with E-state index in [0.717, 1.165) is 18.8 Å². The van der Waals surface area contributed by atoms with Gasteiger partial charge in [-0.25, -0.2) is 4.98 Å². The predicted molar refractivity (Wildman–Crippen MR) is 69.4 cm³/mol. The van der Waals surface area contributed by atoms with Crippen LogP contribution in [0.25, 0.3) is 0 Å². The van der Waals surface area contributed by atoms with E-state index in [9.17, 15) is 4.79 Å². The minimum absolute atomic E-state index is 0.106. The van der Waals surface area contributed by atoms with Crippen LogP contribution in [0.5, 0.6) is 0 Å². The number of carbonyl (C=O) groups excluding carboxylic acids is 1. The molecule has 2 aromatic rings. The number of nitrogens with zero attached hydrogens (tertiary/aromatic N) is 1. The molecule has 0 spiro atoms. The molecular weight excluding hydrogens is 242 g/mol. The van der Waals surface area contributed by atoms with E-state index in [0.29, 0.717) is 18.0 Å². The molecule has 1 aromatic carbocycles. The van der Waals surface area contributed by atoms with Gasteiger partial charge < -0.3 is 15.1 Å². The van der Waals surface area contributed by atoms with E-state index in [4.69, 9.17) is 4.42 Å². The van der Waals surface area contributed by atoms with Crippen molar-refractivity contribution in [3.05, 3.63) is 52.7 Å². The highest BCUT2D eigenvalue weighted by atomic mass is 16.4. The van der Waals surface area contributed by atoms with E-state index < -0.39 is 0 Å². The molecule has 19 heavy (non-hydrogen) atoms. The molecule has 5 nitrogen and oxygen atoms in total. The molecule has 1 aromatic heterocycles. The quantitative estimate of drug-likeness (QED) is 0.874. The fourth-order valence-corrected chi connectivity index (χ4v) is 2.18. The van der Waals surface area contributed by atoms with E-state index in [1.165, 1.54) is 11.1 Å². The molecule has 1 aliphatic rings. The van der Waals surface area contributed by atoms with Crippen LogP contribution in [0.4, 0.5) is 0 Å². The molecule has 0 saturated carbocycles. The number of hydrogen-bond acceptors (Lipinski definition) is 4. The fraction of sp³-hybridized carbons (Fsp3) is 0.286. The smallest absolute Gasteiger partial charge is 0.251 e. The number of aryl methyl sites for hydroxylation is 1. The lowest BCUT2D eigenvalue weighted by atomic mass is 10.1. The van der Waals surface area contributed by atoms with Gasteiger partial charge in [-0.3, -0.25) is 4.79 Å².